The van der Waals surface area contributed by atoms with Crippen LogP contribution in [0.4, 0.5) is 13.2 Å². The van der Waals surface area contributed by atoms with Crippen molar-refractivity contribution in [1.29, 1.82) is 0 Å². The van der Waals surface area contributed by atoms with Gasteiger partial charge in [0.15, 0.2) is 0 Å². The molecule has 1 aromatic heterocycles. The Morgan fingerprint density at radius 3 is 2.71 bits per heavy atom. The molecule has 0 spiro atoms. The lowest BCUT2D eigenvalue weighted by Crippen LogP contribution is -2.44. The van der Waals surface area contributed by atoms with Crippen molar-refractivity contribution in [3.63, 3.8) is 0 Å². The number of nitrogens with zero attached hydrogens (tertiary/aromatic N) is 2. The molecular formula is C21H21F3N2O2. The Morgan fingerprint density at radius 1 is 1.25 bits per heavy atom. The molecule has 1 amide bonds. The number of halogens is 3. The van der Waals surface area contributed by atoms with Gasteiger partial charge in [-0.3, -0.25) is 9.78 Å². The lowest BCUT2D eigenvalue weighted by atomic mass is 9.97. The smallest absolute Gasteiger partial charge is 0.393 e. The highest BCUT2D eigenvalue weighted by Gasteiger charge is 2.42. The molecule has 0 radical (unpaired) electrons. The van der Waals surface area contributed by atoms with Crippen LogP contribution in [0.15, 0.2) is 54.9 Å². The predicted octanol–water partition coefficient (Wildman–Crippen LogP) is 4.47. The second kappa shape index (κ2) is 8.91. The fourth-order valence-corrected chi connectivity index (χ4v) is 3.04. The van der Waals surface area contributed by atoms with Crippen molar-refractivity contribution in [2.45, 2.75) is 25.6 Å². The molecule has 1 saturated heterocycles. The standard InChI is InChI=1S/C21H21F3N2O2/c22-21(23,24)18-4-2-12-26(14-18)20(27)10-7-16-5-8-19(9-6-16)28-15-17-3-1-11-25-13-17/h1,3,5-11,13,18H,2,4,12,14-15H2/b10-7+. The van der Waals surface area contributed by atoms with E-state index in [-0.39, 0.29) is 13.0 Å². The molecular weight excluding hydrogens is 369 g/mol. The van der Waals surface area contributed by atoms with Crippen LogP contribution in [-0.2, 0) is 11.4 Å². The summed E-state index contributed by atoms with van der Waals surface area (Å²) in [6.07, 6.45) is 2.54. The molecule has 1 aromatic carbocycles. The van der Waals surface area contributed by atoms with E-state index in [2.05, 4.69) is 4.98 Å². The van der Waals surface area contributed by atoms with E-state index >= 15 is 0 Å². The first-order chi connectivity index (χ1) is 13.4. The molecule has 0 saturated carbocycles. The van der Waals surface area contributed by atoms with Crippen molar-refractivity contribution >= 4 is 12.0 Å². The van der Waals surface area contributed by atoms with Gasteiger partial charge in [-0.25, -0.2) is 0 Å². The SMILES string of the molecule is O=C(/C=C/c1ccc(OCc2cccnc2)cc1)N1CCCC(C(F)(F)F)C1. The number of hydrogen-bond acceptors (Lipinski definition) is 3. The molecule has 0 bridgehead atoms. The lowest BCUT2D eigenvalue weighted by molar-refractivity contribution is -0.187. The molecule has 3 rings (SSSR count). The Morgan fingerprint density at radius 2 is 2.04 bits per heavy atom. The van der Waals surface area contributed by atoms with Crippen molar-refractivity contribution in [1.82, 2.24) is 9.88 Å². The number of carbonyl (C=O) groups excluding carboxylic acids is 1. The quantitative estimate of drug-likeness (QED) is 0.708. The molecule has 0 N–H and O–H groups in total. The van der Waals surface area contributed by atoms with E-state index in [1.807, 2.05) is 12.1 Å². The molecule has 0 aliphatic carbocycles. The Bertz CT molecular complexity index is 805. The number of likely N-dealkylation sites (tertiary alicyclic amines) is 1. The number of piperidine rings is 1. The predicted molar refractivity (Wildman–Crippen MR) is 99.4 cm³/mol. The van der Waals surface area contributed by atoms with Crippen molar-refractivity contribution in [3.8, 4) is 5.75 Å². The molecule has 4 nitrogen and oxygen atoms in total. The Kier molecular flexibility index (Phi) is 6.34. The summed E-state index contributed by atoms with van der Waals surface area (Å²) in [5.41, 5.74) is 1.72. The zero-order valence-corrected chi connectivity index (χ0v) is 15.2. The highest BCUT2D eigenvalue weighted by Crippen LogP contribution is 2.33. The second-order valence-corrected chi connectivity index (χ2v) is 6.72. The number of alkyl halides is 3. The summed E-state index contributed by atoms with van der Waals surface area (Å²) in [6.45, 7) is 0.488. The van der Waals surface area contributed by atoms with E-state index in [0.717, 1.165) is 11.1 Å². The van der Waals surface area contributed by atoms with Gasteiger partial charge < -0.3 is 9.64 Å². The zero-order valence-electron chi connectivity index (χ0n) is 15.2. The van der Waals surface area contributed by atoms with Gasteiger partial charge in [-0.05, 0) is 42.7 Å². The lowest BCUT2D eigenvalue weighted by Gasteiger charge is -2.33. The fraction of sp³-hybridized carbons (Fsp3) is 0.333. The van der Waals surface area contributed by atoms with Crippen LogP contribution in [0.2, 0.25) is 0 Å². The first-order valence-corrected chi connectivity index (χ1v) is 9.07. The molecule has 148 valence electrons. The Balaban J connectivity index is 1.53. The summed E-state index contributed by atoms with van der Waals surface area (Å²) in [5.74, 6) is -1.16. The van der Waals surface area contributed by atoms with Crippen LogP contribution in [0, 0.1) is 5.92 Å². The minimum Gasteiger partial charge on any atom is -0.489 e. The van der Waals surface area contributed by atoms with Crippen molar-refractivity contribution in [2.24, 2.45) is 5.92 Å². The minimum atomic E-state index is -4.26. The maximum Gasteiger partial charge on any atom is 0.393 e. The first kappa shape index (κ1) is 19.9. The van der Waals surface area contributed by atoms with Gasteiger partial charge in [-0.15, -0.1) is 0 Å². The van der Waals surface area contributed by atoms with Crippen molar-refractivity contribution < 1.29 is 22.7 Å². The van der Waals surface area contributed by atoms with E-state index in [1.165, 1.54) is 11.0 Å². The van der Waals surface area contributed by atoms with Gasteiger partial charge in [0, 0.05) is 37.1 Å². The summed E-state index contributed by atoms with van der Waals surface area (Å²) in [5, 5.41) is 0. The van der Waals surface area contributed by atoms with E-state index in [0.29, 0.717) is 25.3 Å². The summed E-state index contributed by atoms with van der Waals surface area (Å²) in [4.78, 5) is 17.5. The van der Waals surface area contributed by atoms with Crippen LogP contribution in [-0.4, -0.2) is 35.1 Å². The van der Waals surface area contributed by atoms with E-state index in [9.17, 15) is 18.0 Å². The van der Waals surface area contributed by atoms with Crippen LogP contribution in [0.25, 0.3) is 6.08 Å². The number of rotatable bonds is 5. The zero-order chi connectivity index (χ0) is 20.0. The van der Waals surface area contributed by atoms with Gasteiger partial charge in [0.2, 0.25) is 5.91 Å². The van der Waals surface area contributed by atoms with Crippen molar-refractivity contribution in [3.05, 3.63) is 66.0 Å². The van der Waals surface area contributed by atoms with E-state index in [1.54, 1.807) is 42.7 Å². The highest BCUT2D eigenvalue weighted by atomic mass is 19.4. The van der Waals surface area contributed by atoms with Crippen LogP contribution in [0.5, 0.6) is 5.75 Å². The summed E-state index contributed by atoms with van der Waals surface area (Å²) in [7, 11) is 0. The van der Waals surface area contributed by atoms with Gasteiger partial charge in [0.05, 0.1) is 5.92 Å². The third-order valence-corrected chi connectivity index (χ3v) is 4.62. The monoisotopic (exact) mass is 390 g/mol. The van der Waals surface area contributed by atoms with Gasteiger partial charge in [0.25, 0.3) is 0 Å². The summed E-state index contributed by atoms with van der Waals surface area (Å²) < 4.78 is 44.3. The maximum atomic E-state index is 12.9. The van der Waals surface area contributed by atoms with Crippen LogP contribution < -0.4 is 4.74 Å². The number of aromatic nitrogens is 1. The third-order valence-electron chi connectivity index (χ3n) is 4.62. The molecule has 7 heteroatoms. The van der Waals surface area contributed by atoms with Crippen LogP contribution >= 0.6 is 0 Å². The fourth-order valence-electron chi connectivity index (χ4n) is 3.04. The molecule has 1 atom stereocenters. The van der Waals surface area contributed by atoms with Gasteiger partial charge in [-0.1, -0.05) is 18.2 Å². The van der Waals surface area contributed by atoms with Gasteiger partial charge >= 0.3 is 6.18 Å². The van der Waals surface area contributed by atoms with E-state index in [4.69, 9.17) is 4.74 Å². The Hall–Kier alpha value is -2.83. The van der Waals surface area contributed by atoms with Gasteiger partial charge in [-0.2, -0.15) is 13.2 Å². The number of pyridine rings is 1. The number of hydrogen-bond donors (Lipinski definition) is 0. The molecule has 1 unspecified atom stereocenters. The molecule has 2 heterocycles. The average molecular weight is 390 g/mol. The molecule has 28 heavy (non-hydrogen) atoms. The largest absolute Gasteiger partial charge is 0.489 e. The summed E-state index contributed by atoms with van der Waals surface area (Å²) in [6, 6.07) is 10.9. The average Bonchev–Trinajstić information content (AvgIpc) is 2.71. The number of benzene rings is 1. The number of amides is 1. The normalized spacial score (nSPS) is 17.7. The highest BCUT2D eigenvalue weighted by molar-refractivity contribution is 5.91. The van der Waals surface area contributed by atoms with Crippen LogP contribution in [0.3, 0.4) is 0 Å². The minimum absolute atomic E-state index is 0.0809. The summed E-state index contributed by atoms with van der Waals surface area (Å²) >= 11 is 0. The first-order valence-electron chi connectivity index (χ1n) is 9.07. The third kappa shape index (κ3) is 5.58. The van der Waals surface area contributed by atoms with Gasteiger partial charge in [0.1, 0.15) is 12.4 Å². The molecule has 1 fully saturated rings. The number of ether oxygens (including phenoxy) is 1. The molecule has 1 aliphatic rings. The van der Waals surface area contributed by atoms with Crippen LogP contribution in [0.1, 0.15) is 24.0 Å². The van der Waals surface area contributed by atoms with Crippen molar-refractivity contribution in [2.75, 3.05) is 13.1 Å². The second-order valence-electron chi connectivity index (χ2n) is 6.72. The molecule has 1 aliphatic heterocycles. The Labute approximate surface area is 161 Å². The molecule has 2 aromatic rings. The van der Waals surface area contributed by atoms with E-state index < -0.39 is 18.0 Å². The topological polar surface area (TPSA) is 42.4 Å². The number of carbonyl (C=O) groups is 1. The maximum absolute atomic E-state index is 12.9.